The highest BCUT2D eigenvalue weighted by Gasteiger charge is 2.47. The monoisotopic (exact) mass is 456 g/mol. The van der Waals surface area contributed by atoms with Crippen molar-refractivity contribution >= 4 is 17.5 Å². The van der Waals surface area contributed by atoms with E-state index in [-0.39, 0.29) is 17.9 Å². The summed E-state index contributed by atoms with van der Waals surface area (Å²) in [5.41, 5.74) is 2.20. The molecule has 2 aromatic carbocycles. The van der Waals surface area contributed by atoms with Gasteiger partial charge in [-0.1, -0.05) is 43.2 Å². The lowest BCUT2D eigenvalue weighted by Gasteiger charge is -2.33. The lowest BCUT2D eigenvalue weighted by Crippen LogP contribution is -2.47. The third-order valence-electron chi connectivity index (χ3n) is 7.42. The summed E-state index contributed by atoms with van der Waals surface area (Å²) >= 11 is 0. The van der Waals surface area contributed by atoms with Crippen molar-refractivity contribution in [2.75, 3.05) is 5.32 Å². The highest BCUT2D eigenvalue weighted by Crippen LogP contribution is 2.41. The van der Waals surface area contributed by atoms with Crippen LogP contribution in [0.3, 0.4) is 0 Å². The molecule has 0 spiro atoms. The summed E-state index contributed by atoms with van der Waals surface area (Å²) < 4.78 is 1.86. The van der Waals surface area contributed by atoms with E-state index >= 15 is 0 Å². The molecular weight excluding hydrogens is 428 g/mol. The molecule has 2 heterocycles. The molecule has 1 aliphatic heterocycles. The first-order valence-corrected chi connectivity index (χ1v) is 12.3. The maximum absolute atomic E-state index is 13.5. The third kappa shape index (κ3) is 3.87. The average Bonchev–Trinajstić information content (AvgIpc) is 3.46. The molecule has 6 rings (SSSR count). The van der Waals surface area contributed by atoms with Gasteiger partial charge in [-0.15, -0.1) is 5.10 Å². The van der Waals surface area contributed by atoms with Gasteiger partial charge in [0.1, 0.15) is 6.04 Å². The zero-order valence-corrected chi connectivity index (χ0v) is 19.0. The van der Waals surface area contributed by atoms with Crippen molar-refractivity contribution in [3.8, 4) is 11.4 Å². The van der Waals surface area contributed by atoms with Crippen LogP contribution in [-0.4, -0.2) is 49.0 Å². The van der Waals surface area contributed by atoms with Crippen molar-refractivity contribution in [3.05, 3.63) is 60.2 Å². The Kier molecular flexibility index (Phi) is 5.36. The summed E-state index contributed by atoms with van der Waals surface area (Å²) in [7, 11) is 0. The smallest absolute Gasteiger partial charge is 0.254 e. The van der Waals surface area contributed by atoms with Gasteiger partial charge in [0.05, 0.1) is 6.04 Å². The van der Waals surface area contributed by atoms with Crippen LogP contribution in [0.15, 0.2) is 54.6 Å². The first-order chi connectivity index (χ1) is 16.7. The molecule has 8 heteroatoms. The van der Waals surface area contributed by atoms with E-state index in [4.69, 9.17) is 0 Å². The standard InChI is InChI=1S/C26H28N6O2/c33-25(27-20-11-6-10-19(15-20)24-28-29-30-32(24)21-13-14-21)23-16-18-9-4-5-12-22(18)31(23)26(34)17-7-2-1-3-8-17/h1-3,6-8,10-11,15,18,21-23H,4-5,9,12-14,16H2,(H,27,33). The van der Waals surface area contributed by atoms with Gasteiger partial charge in [0.25, 0.3) is 5.91 Å². The lowest BCUT2D eigenvalue weighted by molar-refractivity contribution is -0.120. The number of hydrogen-bond acceptors (Lipinski definition) is 5. The third-order valence-corrected chi connectivity index (χ3v) is 7.42. The summed E-state index contributed by atoms with van der Waals surface area (Å²) in [6.07, 6.45) is 7.20. The zero-order valence-electron chi connectivity index (χ0n) is 19.0. The quantitative estimate of drug-likeness (QED) is 0.624. The number of nitrogens with one attached hydrogen (secondary N) is 1. The molecule has 8 nitrogen and oxygen atoms in total. The van der Waals surface area contributed by atoms with E-state index in [0.29, 0.717) is 35.5 Å². The van der Waals surface area contributed by atoms with Crippen LogP contribution in [0.4, 0.5) is 5.69 Å². The molecular formula is C26H28N6O2. The minimum atomic E-state index is -0.471. The van der Waals surface area contributed by atoms with Gasteiger partial charge in [0.15, 0.2) is 5.82 Å². The molecule has 34 heavy (non-hydrogen) atoms. The number of fused-ring (bicyclic) bond motifs is 1. The number of likely N-dealkylation sites (tertiary alicyclic amines) is 1. The molecule has 0 radical (unpaired) electrons. The second-order valence-corrected chi connectivity index (χ2v) is 9.69. The Bertz CT molecular complexity index is 1200. The highest BCUT2D eigenvalue weighted by molar-refractivity contribution is 6.02. The Labute approximate surface area is 198 Å². The summed E-state index contributed by atoms with van der Waals surface area (Å²) in [6.45, 7) is 0. The van der Waals surface area contributed by atoms with Crippen LogP contribution in [0.2, 0.25) is 0 Å². The fraction of sp³-hybridized carbons (Fsp3) is 0.423. The predicted octanol–water partition coefficient (Wildman–Crippen LogP) is 4.09. The van der Waals surface area contributed by atoms with Crippen LogP contribution in [0.25, 0.3) is 11.4 Å². The minimum Gasteiger partial charge on any atom is -0.324 e. The molecule has 1 saturated heterocycles. The summed E-state index contributed by atoms with van der Waals surface area (Å²) in [5, 5.41) is 15.3. The fourth-order valence-corrected chi connectivity index (χ4v) is 5.63. The van der Waals surface area contributed by atoms with E-state index in [2.05, 4.69) is 20.8 Å². The second-order valence-electron chi connectivity index (χ2n) is 9.69. The van der Waals surface area contributed by atoms with Crippen molar-refractivity contribution in [1.29, 1.82) is 0 Å². The maximum atomic E-state index is 13.5. The predicted molar refractivity (Wildman–Crippen MR) is 127 cm³/mol. The topological polar surface area (TPSA) is 93.0 Å². The van der Waals surface area contributed by atoms with Crippen molar-refractivity contribution in [1.82, 2.24) is 25.1 Å². The van der Waals surface area contributed by atoms with Gasteiger partial charge in [-0.2, -0.15) is 0 Å². The van der Waals surface area contributed by atoms with E-state index in [0.717, 1.165) is 37.7 Å². The first-order valence-electron chi connectivity index (χ1n) is 12.3. The van der Waals surface area contributed by atoms with Gasteiger partial charge < -0.3 is 10.2 Å². The zero-order chi connectivity index (χ0) is 23.1. The Morgan fingerprint density at radius 2 is 1.76 bits per heavy atom. The van der Waals surface area contributed by atoms with Crippen molar-refractivity contribution in [2.45, 2.75) is 63.1 Å². The Hall–Kier alpha value is -3.55. The van der Waals surface area contributed by atoms with Crippen LogP contribution in [-0.2, 0) is 4.79 Å². The molecule has 3 fully saturated rings. The Morgan fingerprint density at radius 3 is 2.59 bits per heavy atom. The number of amides is 2. The van der Waals surface area contributed by atoms with Crippen LogP contribution >= 0.6 is 0 Å². The molecule has 174 valence electrons. The molecule has 3 aromatic rings. The van der Waals surface area contributed by atoms with Gasteiger partial charge >= 0.3 is 0 Å². The number of anilines is 1. The molecule has 2 aliphatic carbocycles. The maximum Gasteiger partial charge on any atom is 0.254 e. The number of aromatic nitrogens is 4. The van der Waals surface area contributed by atoms with E-state index in [1.165, 1.54) is 6.42 Å². The van der Waals surface area contributed by atoms with Crippen LogP contribution < -0.4 is 5.32 Å². The number of tetrazole rings is 1. The van der Waals surface area contributed by atoms with Crippen LogP contribution in [0, 0.1) is 5.92 Å². The number of hydrogen-bond donors (Lipinski definition) is 1. The largest absolute Gasteiger partial charge is 0.324 e. The number of carbonyl (C=O) groups excluding carboxylic acids is 2. The summed E-state index contributed by atoms with van der Waals surface area (Å²) in [4.78, 5) is 28.9. The molecule has 3 atom stereocenters. The molecule has 3 aliphatic rings. The van der Waals surface area contributed by atoms with Crippen LogP contribution in [0.5, 0.6) is 0 Å². The minimum absolute atomic E-state index is 0.0486. The molecule has 3 unspecified atom stereocenters. The number of benzene rings is 2. The van der Waals surface area contributed by atoms with Crippen LogP contribution in [0.1, 0.15) is 61.3 Å². The molecule has 1 N–H and O–H groups in total. The normalized spacial score (nSPS) is 24.0. The Morgan fingerprint density at radius 1 is 0.941 bits per heavy atom. The SMILES string of the molecule is O=C(Nc1cccc(-c2nnnn2C2CC2)c1)C1CC2CCCCC2N1C(=O)c1ccccc1. The highest BCUT2D eigenvalue weighted by atomic mass is 16.2. The molecule has 1 aromatic heterocycles. The fourth-order valence-electron chi connectivity index (χ4n) is 5.63. The molecule has 2 saturated carbocycles. The van der Waals surface area contributed by atoms with Gasteiger partial charge in [0.2, 0.25) is 5.91 Å². The van der Waals surface area contributed by atoms with Crippen molar-refractivity contribution < 1.29 is 9.59 Å². The number of nitrogens with zero attached hydrogens (tertiary/aromatic N) is 5. The average molecular weight is 457 g/mol. The van der Waals surface area contributed by atoms with E-state index < -0.39 is 6.04 Å². The summed E-state index contributed by atoms with van der Waals surface area (Å²) in [6, 6.07) is 17.0. The second kappa shape index (κ2) is 8.66. The van der Waals surface area contributed by atoms with E-state index in [1.807, 2.05) is 64.2 Å². The van der Waals surface area contributed by atoms with Gasteiger partial charge in [-0.3, -0.25) is 9.59 Å². The molecule has 2 amide bonds. The summed E-state index contributed by atoms with van der Waals surface area (Å²) in [5.74, 6) is 0.920. The van der Waals surface area contributed by atoms with Gasteiger partial charge in [-0.05, 0) is 72.7 Å². The Balaban J connectivity index is 1.25. The number of rotatable bonds is 5. The van der Waals surface area contributed by atoms with Gasteiger partial charge in [-0.25, -0.2) is 4.68 Å². The molecule has 0 bridgehead atoms. The van der Waals surface area contributed by atoms with E-state index in [9.17, 15) is 9.59 Å². The van der Waals surface area contributed by atoms with Crippen molar-refractivity contribution in [2.24, 2.45) is 5.92 Å². The first kappa shape index (κ1) is 21.0. The van der Waals surface area contributed by atoms with E-state index in [1.54, 1.807) is 0 Å². The number of carbonyl (C=O) groups is 2. The van der Waals surface area contributed by atoms with Crippen molar-refractivity contribution in [3.63, 3.8) is 0 Å². The lowest BCUT2D eigenvalue weighted by atomic mass is 9.84. The van der Waals surface area contributed by atoms with Gasteiger partial charge in [0, 0.05) is 22.9 Å².